The van der Waals surface area contributed by atoms with Gasteiger partial charge in [0.15, 0.2) is 6.04 Å². The Labute approximate surface area is 163 Å². The SMILES string of the molecule is CNC1CCC(Nc2cccc3c2C[N+]([O-])(C2CCC(=O)NC2=O)C3=O)CC1. The van der Waals surface area contributed by atoms with Gasteiger partial charge in [0.2, 0.25) is 5.91 Å². The number of nitrogens with zero attached hydrogens (tertiary/aromatic N) is 1. The highest BCUT2D eigenvalue weighted by atomic mass is 16.6. The van der Waals surface area contributed by atoms with Gasteiger partial charge in [0.05, 0.1) is 5.56 Å². The number of benzene rings is 1. The Balaban J connectivity index is 1.55. The van der Waals surface area contributed by atoms with Crippen molar-refractivity contribution in [3.05, 3.63) is 34.5 Å². The molecule has 1 aromatic rings. The quantitative estimate of drug-likeness (QED) is 0.410. The molecule has 1 saturated heterocycles. The summed E-state index contributed by atoms with van der Waals surface area (Å²) in [6.45, 7) is -0.0739. The van der Waals surface area contributed by atoms with Gasteiger partial charge in [0.1, 0.15) is 6.54 Å². The molecule has 2 atom stereocenters. The lowest BCUT2D eigenvalue weighted by molar-refractivity contribution is -0.825. The van der Waals surface area contributed by atoms with Gasteiger partial charge in [-0.25, -0.2) is 4.79 Å². The van der Waals surface area contributed by atoms with Crippen molar-refractivity contribution in [3.63, 3.8) is 0 Å². The Hall–Kier alpha value is -2.29. The van der Waals surface area contributed by atoms with E-state index in [2.05, 4.69) is 16.0 Å². The van der Waals surface area contributed by atoms with Gasteiger partial charge in [-0.05, 0) is 44.9 Å². The van der Waals surface area contributed by atoms with Gasteiger partial charge < -0.3 is 15.8 Å². The number of piperidine rings is 1. The molecule has 2 fully saturated rings. The van der Waals surface area contributed by atoms with E-state index in [1.807, 2.05) is 13.1 Å². The van der Waals surface area contributed by atoms with Crippen LogP contribution >= 0.6 is 0 Å². The van der Waals surface area contributed by atoms with Crippen LogP contribution in [0.5, 0.6) is 0 Å². The first kappa shape index (κ1) is 19.0. The lowest BCUT2D eigenvalue weighted by Crippen LogP contribution is -2.60. The summed E-state index contributed by atoms with van der Waals surface area (Å²) in [5, 5.41) is 22.5. The van der Waals surface area contributed by atoms with Crippen LogP contribution in [0, 0.1) is 5.21 Å². The molecule has 1 aromatic carbocycles. The number of rotatable bonds is 4. The van der Waals surface area contributed by atoms with Gasteiger partial charge in [-0.2, -0.15) is 0 Å². The fourth-order valence-corrected chi connectivity index (χ4v) is 4.68. The minimum absolute atomic E-state index is 0.0739. The van der Waals surface area contributed by atoms with Crippen molar-refractivity contribution in [3.8, 4) is 0 Å². The van der Waals surface area contributed by atoms with E-state index in [9.17, 15) is 19.6 Å². The molecule has 0 bridgehead atoms. The fourth-order valence-electron chi connectivity index (χ4n) is 4.68. The molecule has 0 spiro atoms. The van der Waals surface area contributed by atoms with Gasteiger partial charge in [0.25, 0.3) is 5.91 Å². The minimum atomic E-state index is -1.24. The van der Waals surface area contributed by atoms with Crippen molar-refractivity contribution in [2.75, 3.05) is 12.4 Å². The zero-order valence-corrected chi connectivity index (χ0v) is 16.0. The molecule has 28 heavy (non-hydrogen) atoms. The van der Waals surface area contributed by atoms with E-state index in [0.29, 0.717) is 23.2 Å². The van der Waals surface area contributed by atoms with E-state index in [-0.39, 0.29) is 19.4 Å². The number of hydrogen-bond donors (Lipinski definition) is 3. The number of hydrogen-bond acceptors (Lipinski definition) is 6. The number of imide groups is 1. The molecular formula is C20H26N4O4. The third-order valence-corrected chi connectivity index (χ3v) is 6.35. The predicted octanol–water partition coefficient (Wildman–Crippen LogP) is 1.40. The molecule has 2 heterocycles. The summed E-state index contributed by atoms with van der Waals surface area (Å²) in [6.07, 6.45) is 4.40. The van der Waals surface area contributed by atoms with Crippen LogP contribution in [0.25, 0.3) is 0 Å². The largest absolute Gasteiger partial charge is 0.624 e. The fraction of sp³-hybridized carbons (Fsp3) is 0.550. The molecule has 0 radical (unpaired) electrons. The van der Waals surface area contributed by atoms with Gasteiger partial charge in [-0.1, -0.05) is 6.07 Å². The van der Waals surface area contributed by atoms with Crippen LogP contribution in [0.2, 0.25) is 0 Å². The first-order chi connectivity index (χ1) is 13.4. The van der Waals surface area contributed by atoms with Crippen molar-refractivity contribution >= 4 is 23.4 Å². The van der Waals surface area contributed by atoms with Crippen LogP contribution in [0.3, 0.4) is 0 Å². The van der Waals surface area contributed by atoms with Crippen molar-refractivity contribution in [2.24, 2.45) is 0 Å². The summed E-state index contributed by atoms with van der Waals surface area (Å²) in [7, 11) is 1.98. The third-order valence-electron chi connectivity index (χ3n) is 6.35. The first-order valence-corrected chi connectivity index (χ1v) is 9.95. The Morgan fingerprint density at radius 1 is 1.07 bits per heavy atom. The van der Waals surface area contributed by atoms with Gasteiger partial charge in [-0.15, -0.1) is 0 Å². The Bertz CT molecular complexity index is 818. The second kappa shape index (κ2) is 7.27. The molecule has 1 aliphatic carbocycles. The van der Waals surface area contributed by atoms with Crippen molar-refractivity contribution < 1.29 is 19.0 Å². The monoisotopic (exact) mass is 386 g/mol. The number of quaternary nitrogens is 1. The van der Waals surface area contributed by atoms with Crippen molar-refractivity contribution in [1.82, 2.24) is 10.6 Å². The zero-order valence-electron chi connectivity index (χ0n) is 16.0. The van der Waals surface area contributed by atoms with E-state index in [4.69, 9.17) is 0 Å². The summed E-state index contributed by atoms with van der Waals surface area (Å²) in [4.78, 5) is 36.6. The standard InChI is InChI=1S/C20H26N4O4/c1-21-12-5-7-13(8-6-12)22-16-4-2-3-14-15(16)11-24(28,20(14)27)17-9-10-18(25)23-19(17)26/h2-4,12-13,17,21-22H,5-11H2,1H3,(H,23,25,26). The highest BCUT2D eigenvalue weighted by Gasteiger charge is 2.50. The molecule has 3 aliphatic rings. The smallest absolute Gasteiger partial charge is 0.347 e. The average Bonchev–Trinajstić information content (AvgIpc) is 2.95. The van der Waals surface area contributed by atoms with Crippen LogP contribution in [-0.4, -0.2) is 47.5 Å². The maximum absolute atomic E-state index is 13.5. The number of amides is 3. The molecule has 2 unspecified atom stereocenters. The number of carbonyl (C=O) groups excluding carboxylic acids is 3. The number of hydroxylamine groups is 3. The molecular weight excluding hydrogens is 360 g/mol. The number of nitrogens with one attached hydrogen (secondary N) is 3. The summed E-state index contributed by atoms with van der Waals surface area (Å²) in [5.41, 5.74) is 1.87. The lowest BCUT2D eigenvalue weighted by atomic mass is 9.91. The van der Waals surface area contributed by atoms with Crippen LogP contribution in [-0.2, 0) is 16.1 Å². The van der Waals surface area contributed by atoms with E-state index >= 15 is 0 Å². The number of anilines is 1. The maximum atomic E-state index is 13.5. The van der Waals surface area contributed by atoms with Crippen LogP contribution in [0.1, 0.15) is 54.4 Å². The lowest BCUT2D eigenvalue weighted by Gasteiger charge is -2.42. The summed E-state index contributed by atoms with van der Waals surface area (Å²) >= 11 is 0. The normalized spacial score (nSPS) is 32.8. The first-order valence-electron chi connectivity index (χ1n) is 9.95. The molecule has 2 aliphatic heterocycles. The third kappa shape index (κ3) is 3.21. The molecule has 8 nitrogen and oxygen atoms in total. The van der Waals surface area contributed by atoms with E-state index in [1.165, 1.54) is 0 Å². The number of carbonyl (C=O) groups is 3. The van der Waals surface area contributed by atoms with Crippen LogP contribution in [0.4, 0.5) is 5.69 Å². The minimum Gasteiger partial charge on any atom is -0.624 e. The second-order valence-corrected chi connectivity index (χ2v) is 8.04. The molecule has 3 amide bonds. The Morgan fingerprint density at radius 2 is 1.79 bits per heavy atom. The van der Waals surface area contributed by atoms with E-state index in [0.717, 1.165) is 31.4 Å². The zero-order chi connectivity index (χ0) is 19.9. The van der Waals surface area contributed by atoms with Gasteiger partial charge in [0, 0.05) is 36.2 Å². The second-order valence-electron chi connectivity index (χ2n) is 8.04. The highest BCUT2D eigenvalue weighted by Crippen LogP contribution is 2.38. The summed E-state index contributed by atoms with van der Waals surface area (Å²) < 4.78 is -1.24. The van der Waals surface area contributed by atoms with Crippen LogP contribution < -0.4 is 16.0 Å². The molecule has 4 rings (SSSR count). The van der Waals surface area contributed by atoms with E-state index in [1.54, 1.807) is 12.1 Å². The Morgan fingerprint density at radius 3 is 2.46 bits per heavy atom. The average molecular weight is 386 g/mol. The summed E-state index contributed by atoms with van der Waals surface area (Å²) in [5.74, 6) is -1.63. The van der Waals surface area contributed by atoms with Crippen molar-refractivity contribution in [1.29, 1.82) is 0 Å². The molecule has 3 N–H and O–H groups in total. The van der Waals surface area contributed by atoms with Crippen molar-refractivity contribution in [2.45, 2.75) is 63.2 Å². The van der Waals surface area contributed by atoms with Gasteiger partial charge >= 0.3 is 5.91 Å². The Kier molecular flexibility index (Phi) is 4.95. The highest BCUT2D eigenvalue weighted by molar-refractivity contribution is 6.02. The topological polar surface area (TPSA) is 110 Å². The number of fused-ring (bicyclic) bond motifs is 1. The molecule has 150 valence electrons. The van der Waals surface area contributed by atoms with Gasteiger partial charge in [-0.3, -0.25) is 19.6 Å². The molecule has 0 aromatic heterocycles. The predicted molar refractivity (Wildman–Crippen MR) is 103 cm³/mol. The molecule has 8 heteroatoms. The maximum Gasteiger partial charge on any atom is 0.347 e. The molecule has 1 saturated carbocycles. The van der Waals surface area contributed by atoms with E-state index < -0.39 is 28.4 Å². The van der Waals surface area contributed by atoms with Crippen LogP contribution in [0.15, 0.2) is 18.2 Å². The summed E-state index contributed by atoms with van der Waals surface area (Å²) in [6, 6.07) is 5.10.